The minimum atomic E-state index is 0.300. The number of rotatable bonds is 6. The molecule has 0 radical (unpaired) electrons. The molecule has 1 aromatic rings. The van der Waals surface area contributed by atoms with Gasteiger partial charge in [-0.1, -0.05) is 12.8 Å². The Morgan fingerprint density at radius 1 is 1.33 bits per heavy atom. The molecule has 21 heavy (non-hydrogen) atoms. The van der Waals surface area contributed by atoms with Crippen LogP contribution in [0.25, 0.3) is 0 Å². The molecule has 2 fully saturated rings. The lowest BCUT2D eigenvalue weighted by Gasteiger charge is -2.28. The van der Waals surface area contributed by atoms with Crippen LogP contribution in [0.15, 0.2) is 5.38 Å². The van der Waals surface area contributed by atoms with E-state index in [0.717, 1.165) is 25.6 Å². The lowest BCUT2D eigenvalue weighted by atomic mass is 10.1. The topological polar surface area (TPSA) is 39.6 Å². The zero-order chi connectivity index (χ0) is 14.7. The van der Waals surface area contributed by atoms with Crippen molar-refractivity contribution in [3.05, 3.63) is 11.1 Å². The summed E-state index contributed by atoms with van der Waals surface area (Å²) in [5.74, 6) is 0. The predicted molar refractivity (Wildman–Crippen MR) is 87.9 cm³/mol. The normalized spacial score (nSPS) is 24.0. The molecule has 1 atom stereocenters. The molecule has 0 spiro atoms. The molecule has 1 aliphatic carbocycles. The quantitative estimate of drug-likeness (QED) is 0.877. The molecule has 2 aliphatic rings. The van der Waals surface area contributed by atoms with Gasteiger partial charge in [0, 0.05) is 37.7 Å². The minimum absolute atomic E-state index is 0.300. The van der Waals surface area contributed by atoms with Crippen LogP contribution in [0, 0.1) is 0 Å². The lowest BCUT2D eigenvalue weighted by molar-refractivity contribution is 0.150. The Morgan fingerprint density at radius 2 is 2.19 bits per heavy atom. The molecule has 1 aliphatic heterocycles. The Bertz CT molecular complexity index is 446. The van der Waals surface area contributed by atoms with Crippen molar-refractivity contribution in [1.29, 1.82) is 0 Å². The molecular weight excluding hydrogens is 282 g/mol. The smallest absolute Gasteiger partial charge is 0.185 e. The summed E-state index contributed by atoms with van der Waals surface area (Å²) in [4.78, 5) is 9.71. The number of aromatic nitrogens is 1. The van der Waals surface area contributed by atoms with Gasteiger partial charge in [0.2, 0.25) is 0 Å². The van der Waals surface area contributed by atoms with Crippen LogP contribution in [0.5, 0.6) is 0 Å². The molecule has 0 amide bonds. The number of hydrogen-bond donors (Lipinski definition) is 1. The molecular formula is C16H27N3OS. The summed E-state index contributed by atoms with van der Waals surface area (Å²) in [6, 6.07) is 1.26. The van der Waals surface area contributed by atoms with Crippen molar-refractivity contribution < 1.29 is 5.11 Å². The first-order chi connectivity index (χ1) is 10.3. The summed E-state index contributed by atoms with van der Waals surface area (Å²) in [6.07, 6.45) is 8.66. The largest absolute Gasteiger partial charge is 0.396 e. The molecule has 0 aromatic carbocycles. The van der Waals surface area contributed by atoms with E-state index in [0.29, 0.717) is 12.6 Å². The molecule has 1 N–H and O–H groups in total. The van der Waals surface area contributed by atoms with Crippen LogP contribution >= 0.6 is 11.3 Å². The number of aliphatic hydroxyl groups is 1. The van der Waals surface area contributed by atoms with E-state index in [4.69, 9.17) is 4.98 Å². The van der Waals surface area contributed by atoms with Crippen molar-refractivity contribution in [3.63, 3.8) is 0 Å². The molecule has 4 nitrogen and oxygen atoms in total. The third kappa shape index (κ3) is 3.96. The third-order valence-corrected chi connectivity index (χ3v) is 5.74. The van der Waals surface area contributed by atoms with Crippen LogP contribution in [-0.4, -0.2) is 47.3 Å². The molecule has 1 aromatic heterocycles. The standard InChI is InChI=1S/C16H27N3OS/c1-18(14-6-7-14)16-17-13(12-21-16)11-19-9-4-2-3-5-15(19)8-10-20/h12,14-15,20H,2-11H2,1H3/t15-/m1/s1. The van der Waals surface area contributed by atoms with Crippen LogP contribution in [0.3, 0.4) is 0 Å². The van der Waals surface area contributed by atoms with Crippen LogP contribution in [0.4, 0.5) is 5.13 Å². The highest BCUT2D eigenvalue weighted by molar-refractivity contribution is 7.13. The van der Waals surface area contributed by atoms with E-state index >= 15 is 0 Å². The number of aliphatic hydroxyl groups excluding tert-OH is 1. The average Bonchev–Trinajstić information content (AvgIpc) is 3.26. The van der Waals surface area contributed by atoms with Crippen LogP contribution in [-0.2, 0) is 6.54 Å². The predicted octanol–water partition coefficient (Wildman–Crippen LogP) is 2.87. The minimum Gasteiger partial charge on any atom is -0.396 e. The molecule has 3 rings (SSSR count). The Labute approximate surface area is 131 Å². The van der Waals surface area contributed by atoms with E-state index in [1.807, 2.05) is 0 Å². The maximum absolute atomic E-state index is 9.29. The van der Waals surface area contributed by atoms with Crippen molar-refractivity contribution in [2.75, 3.05) is 25.1 Å². The van der Waals surface area contributed by atoms with Gasteiger partial charge in [0.05, 0.1) is 5.69 Å². The second-order valence-electron chi connectivity index (χ2n) is 6.45. The van der Waals surface area contributed by atoms with E-state index in [9.17, 15) is 5.11 Å². The molecule has 2 heterocycles. The van der Waals surface area contributed by atoms with Crippen molar-refractivity contribution >= 4 is 16.5 Å². The van der Waals surface area contributed by atoms with Gasteiger partial charge in [-0.2, -0.15) is 0 Å². The van der Waals surface area contributed by atoms with E-state index in [2.05, 4.69) is 22.2 Å². The maximum atomic E-state index is 9.29. The van der Waals surface area contributed by atoms with Crippen molar-refractivity contribution in [2.24, 2.45) is 0 Å². The fourth-order valence-electron chi connectivity index (χ4n) is 3.28. The summed E-state index contributed by atoms with van der Waals surface area (Å²) in [7, 11) is 2.17. The van der Waals surface area contributed by atoms with Gasteiger partial charge in [0.25, 0.3) is 0 Å². The van der Waals surface area contributed by atoms with Gasteiger partial charge in [0.15, 0.2) is 5.13 Å². The SMILES string of the molecule is CN(c1nc(CN2CCCCC[C@@H]2CCO)cs1)C1CC1. The first kappa shape index (κ1) is 15.3. The van der Waals surface area contributed by atoms with Crippen molar-refractivity contribution in [1.82, 2.24) is 9.88 Å². The van der Waals surface area contributed by atoms with E-state index in [-0.39, 0.29) is 0 Å². The molecule has 118 valence electrons. The molecule has 5 heteroatoms. The van der Waals surface area contributed by atoms with Gasteiger partial charge in [-0.25, -0.2) is 4.98 Å². The zero-order valence-electron chi connectivity index (χ0n) is 13.0. The molecule has 0 bridgehead atoms. The summed E-state index contributed by atoms with van der Waals surface area (Å²) < 4.78 is 0. The van der Waals surface area contributed by atoms with Crippen LogP contribution < -0.4 is 4.90 Å². The highest BCUT2D eigenvalue weighted by Gasteiger charge is 2.28. The van der Waals surface area contributed by atoms with Gasteiger partial charge < -0.3 is 10.0 Å². The Hall–Kier alpha value is -0.650. The maximum Gasteiger partial charge on any atom is 0.185 e. The Morgan fingerprint density at radius 3 is 2.95 bits per heavy atom. The fourth-order valence-corrected chi connectivity index (χ4v) is 4.13. The zero-order valence-corrected chi connectivity index (χ0v) is 13.8. The van der Waals surface area contributed by atoms with Gasteiger partial charge >= 0.3 is 0 Å². The van der Waals surface area contributed by atoms with Gasteiger partial charge in [-0.05, 0) is 38.6 Å². The first-order valence-corrected chi connectivity index (χ1v) is 9.18. The van der Waals surface area contributed by atoms with Crippen LogP contribution in [0.1, 0.15) is 50.6 Å². The number of anilines is 1. The average molecular weight is 309 g/mol. The second-order valence-corrected chi connectivity index (χ2v) is 7.29. The van der Waals surface area contributed by atoms with E-state index in [1.54, 1.807) is 11.3 Å². The number of hydrogen-bond acceptors (Lipinski definition) is 5. The van der Waals surface area contributed by atoms with Gasteiger partial charge in [0.1, 0.15) is 0 Å². The van der Waals surface area contributed by atoms with Gasteiger partial charge in [-0.15, -0.1) is 11.3 Å². The number of thiazole rings is 1. The lowest BCUT2D eigenvalue weighted by Crippen LogP contribution is -2.35. The number of nitrogens with zero attached hydrogens (tertiary/aromatic N) is 3. The van der Waals surface area contributed by atoms with Crippen molar-refractivity contribution in [2.45, 2.75) is 63.6 Å². The fraction of sp³-hybridized carbons (Fsp3) is 0.812. The Kier molecular flexibility index (Phi) is 5.14. The summed E-state index contributed by atoms with van der Waals surface area (Å²) in [6.45, 7) is 2.39. The molecule has 1 saturated heterocycles. The monoisotopic (exact) mass is 309 g/mol. The summed E-state index contributed by atoms with van der Waals surface area (Å²) >= 11 is 1.77. The van der Waals surface area contributed by atoms with Crippen molar-refractivity contribution in [3.8, 4) is 0 Å². The first-order valence-electron chi connectivity index (χ1n) is 8.30. The van der Waals surface area contributed by atoms with E-state index < -0.39 is 0 Å². The highest BCUT2D eigenvalue weighted by Crippen LogP contribution is 2.32. The van der Waals surface area contributed by atoms with E-state index in [1.165, 1.54) is 49.4 Å². The second kappa shape index (κ2) is 7.07. The molecule has 1 saturated carbocycles. The molecule has 0 unspecified atom stereocenters. The van der Waals surface area contributed by atoms with Crippen LogP contribution in [0.2, 0.25) is 0 Å². The highest BCUT2D eigenvalue weighted by atomic mass is 32.1. The Balaban J connectivity index is 1.63. The van der Waals surface area contributed by atoms with Gasteiger partial charge in [-0.3, -0.25) is 4.90 Å². The summed E-state index contributed by atoms with van der Waals surface area (Å²) in [5.41, 5.74) is 1.20. The number of likely N-dealkylation sites (tertiary alicyclic amines) is 1. The third-order valence-electron chi connectivity index (χ3n) is 4.76. The summed E-state index contributed by atoms with van der Waals surface area (Å²) in [5, 5.41) is 12.7.